The highest BCUT2D eigenvalue weighted by Gasteiger charge is 2.11. The van der Waals surface area contributed by atoms with Gasteiger partial charge in [-0.2, -0.15) is 0 Å². The Hall–Kier alpha value is -1.90. The number of aromatic nitrogens is 1. The van der Waals surface area contributed by atoms with E-state index in [1.165, 1.54) is 18.7 Å². The zero-order valence-electron chi connectivity index (χ0n) is 15.5. The van der Waals surface area contributed by atoms with E-state index in [2.05, 4.69) is 26.7 Å². The molecule has 0 saturated carbocycles. The van der Waals surface area contributed by atoms with Crippen LogP contribution in [-0.4, -0.2) is 31.6 Å². The van der Waals surface area contributed by atoms with E-state index in [0.717, 1.165) is 24.2 Å². The lowest BCUT2D eigenvalue weighted by Gasteiger charge is -2.19. The summed E-state index contributed by atoms with van der Waals surface area (Å²) in [4.78, 5) is 8.50. The topological polar surface area (TPSA) is 58.5 Å². The average Bonchev–Trinajstić information content (AvgIpc) is 2.62. The van der Waals surface area contributed by atoms with Gasteiger partial charge in [-0.25, -0.2) is 4.39 Å². The van der Waals surface area contributed by atoms with Crippen molar-refractivity contribution >= 4 is 29.9 Å². The van der Waals surface area contributed by atoms with Crippen molar-refractivity contribution in [2.45, 2.75) is 26.3 Å². The monoisotopic (exact) mass is 472 g/mol. The maximum atomic E-state index is 13.8. The minimum absolute atomic E-state index is 0. The van der Waals surface area contributed by atoms with Crippen LogP contribution in [0.3, 0.4) is 0 Å². The van der Waals surface area contributed by atoms with Gasteiger partial charge in [-0.3, -0.25) is 9.98 Å². The maximum Gasteiger partial charge on any atom is 0.191 e. The van der Waals surface area contributed by atoms with Crippen LogP contribution in [0.2, 0.25) is 0 Å². The molecule has 1 aromatic carbocycles. The van der Waals surface area contributed by atoms with Gasteiger partial charge in [0, 0.05) is 25.5 Å². The Morgan fingerprint density at radius 1 is 1.31 bits per heavy atom. The van der Waals surface area contributed by atoms with E-state index < -0.39 is 0 Å². The number of hydrogen-bond acceptors (Lipinski definition) is 3. The summed E-state index contributed by atoms with van der Waals surface area (Å²) < 4.78 is 18.8. The summed E-state index contributed by atoms with van der Waals surface area (Å²) in [5.41, 5.74) is 3.00. The Kier molecular flexibility index (Phi) is 9.32. The standard InChI is InChI=1S/C19H25FN4O.HI/c1-13-5-6-15(12-23-13)9-10-22-19(21-3)24-14(2)16-7-8-18(25-4)17(20)11-16;/h5-8,11-12,14H,9-10H2,1-4H3,(H2,21,22,24);1H. The van der Waals surface area contributed by atoms with E-state index in [0.29, 0.717) is 5.96 Å². The molecule has 5 nitrogen and oxygen atoms in total. The second kappa shape index (κ2) is 10.9. The molecule has 0 spiro atoms. The first kappa shape index (κ1) is 22.1. The molecule has 0 saturated heterocycles. The summed E-state index contributed by atoms with van der Waals surface area (Å²) in [6.45, 7) is 4.66. The van der Waals surface area contributed by atoms with Crippen molar-refractivity contribution in [2.24, 2.45) is 4.99 Å². The molecular weight excluding hydrogens is 446 g/mol. The zero-order chi connectivity index (χ0) is 18.2. The molecule has 1 unspecified atom stereocenters. The number of rotatable bonds is 6. The molecule has 7 heteroatoms. The number of pyridine rings is 1. The number of nitrogens with one attached hydrogen (secondary N) is 2. The fraction of sp³-hybridized carbons (Fsp3) is 0.368. The Balaban J connectivity index is 0.00000338. The van der Waals surface area contributed by atoms with Gasteiger partial charge in [0.15, 0.2) is 17.5 Å². The van der Waals surface area contributed by atoms with E-state index in [1.807, 2.05) is 32.2 Å². The average molecular weight is 472 g/mol. The SMILES string of the molecule is CN=C(NCCc1ccc(C)nc1)NC(C)c1ccc(OC)c(F)c1.I. The highest BCUT2D eigenvalue weighted by atomic mass is 127. The van der Waals surface area contributed by atoms with E-state index in [4.69, 9.17) is 4.74 Å². The Morgan fingerprint density at radius 2 is 2.08 bits per heavy atom. The minimum Gasteiger partial charge on any atom is -0.494 e. The van der Waals surface area contributed by atoms with Crippen molar-refractivity contribution in [3.05, 3.63) is 59.2 Å². The predicted molar refractivity (Wildman–Crippen MR) is 114 cm³/mol. The van der Waals surface area contributed by atoms with Crippen molar-refractivity contribution in [1.29, 1.82) is 0 Å². The van der Waals surface area contributed by atoms with Crippen LogP contribution in [0, 0.1) is 12.7 Å². The third-order valence-corrected chi connectivity index (χ3v) is 3.93. The quantitative estimate of drug-likeness (QED) is 0.383. The number of nitrogens with zero attached hydrogens (tertiary/aromatic N) is 2. The van der Waals surface area contributed by atoms with Crippen molar-refractivity contribution in [2.75, 3.05) is 20.7 Å². The molecule has 26 heavy (non-hydrogen) atoms. The molecular formula is C19H26FIN4O. The molecule has 1 heterocycles. The van der Waals surface area contributed by atoms with Gasteiger partial charge in [0.1, 0.15) is 0 Å². The first-order chi connectivity index (χ1) is 12.0. The number of halogens is 2. The normalized spacial score (nSPS) is 12.1. The van der Waals surface area contributed by atoms with Crippen LogP contribution in [0.1, 0.15) is 29.8 Å². The third-order valence-electron chi connectivity index (χ3n) is 3.93. The molecule has 0 fully saturated rings. The number of aliphatic imine (C=N–C) groups is 1. The summed E-state index contributed by atoms with van der Waals surface area (Å²) in [6.07, 6.45) is 2.73. The summed E-state index contributed by atoms with van der Waals surface area (Å²) in [5.74, 6) is 0.539. The van der Waals surface area contributed by atoms with Crippen LogP contribution >= 0.6 is 24.0 Å². The van der Waals surface area contributed by atoms with E-state index in [1.54, 1.807) is 13.1 Å². The van der Waals surface area contributed by atoms with Gasteiger partial charge in [-0.15, -0.1) is 24.0 Å². The first-order valence-electron chi connectivity index (χ1n) is 8.25. The van der Waals surface area contributed by atoms with Crippen LogP contribution in [-0.2, 0) is 6.42 Å². The lowest BCUT2D eigenvalue weighted by molar-refractivity contribution is 0.386. The lowest BCUT2D eigenvalue weighted by atomic mass is 10.1. The fourth-order valence-electron chi connectivity index (χ4n) is 2.41. The fourth-order valence-corrected chi connectivity index (χ4v) is 2.41. The Labute approximate surface area is 171 Å². The van der Waals surface area contributed by atoms with Gasteiger partial charge < -0.3 is 15.4 Å². The Bertz CT molecular complexity index is 722. The molecule has 0 bridgehead atoms. The minimum atomic E-state index is -0.372. The van der Waals surface area contributed by atoms with Crippen LogP contribution in [0.5, 0.6) is 5.75 Å². The van der Waals surface area contributed by atoms with Crippen molar-refractivity contribution in [1.82, 2.24) is 15.6 Å². The van der Waals surface area contributed by atoms with Crippen LogP contribution < -0.4 is 15.4 Å². The Morgan fingerprint density at radius 3 is 2.65 bits per heavy atom. The number of benzene rings is 1. The molecule has 2 aromatic rings. The summed E-state index contributed by atoms with van der Waals surface area (Å²) >= 11 is 0. The molecule has 1 aromatic heterocycles. The van der Waals surface area contributed by atoms with Gasteiger partial charge in [0.2, 0.25) is 0 Å². The summed E-state index contributed by atoms with van der Waals surface area (Å²) in [5, 5.41) is 6.52. The molecule has 0 aliphatic rings. The summed E-state index contributed by atoms with van der Waals surface area (Å²) in [6, 6.07) is 8.93. The lowest BCUT2D eigenvalue weighted by Crippen LogP contribution is -2.39. The molecule has 0 radical (unpaired) electrons. The molecule has 0 aliphatic heterocycles. The molecule has 0 amide bonds. The van der Waals surface area contributed by atoms with Crippen LogP contribution in [0.25, 0.3) is 0 Å². The van der Waals surface area contributed by atoms with Crippen molar-refractivity contribution in [3.8, 4) is 5.75 Å². The maximum absolute atomic E-state index is 13.8. The third kappa shape index (κ3) is 6.44. The summed E-state index contributed by atoms with van der Waals surface area (Å²) in [7, 11) is 3.17. The van der Waals surface area contributed by atoms with Gasteiger partial charge in [0.05, 0.1) is 13.2 Å². The van der Waals surface area contributed by atoms with Crippen LogP contribution in [0.15, 0.2) is 41.5 Å². The molecule has 142 valence electrons. The number of ether oxygens (including phenoxy) is 1. The number of guanidine groups is 1. The van der Waals surface area contributed by atoms with E-state index in [-0.39, 0.29) is 41.6 Å². The largest absolute Gasteiger partial charge is 0.494 e. The molecule has 2 rings (SSSR count). The van der Waals surface area contributed by atoms with Crippen LogP contribution in [0.4, 0.5) is 4.39 Å². The highest BCUT2D eigenvalue weighted by molar-refractivity contribution is 14.0. The molecule has 1 atom stereocenters. The molecule has 2 N–H and O–H groups in total. The smallest absolute Gasteiger partial charge is 0.191 e. The number of methoxy groups -OCH3 is 1. The first-order valence-corrected chi connectivity index (χ1v) is 8.25. The zero-order valence-corrected chi connectivity index (χ0v) is 17.9. The van der Waals surface area contributed by atoms with Gasteiger partial charge in [-0.05, 0) is 49.6 Å². The second-order valence-electron chi connectivity index (χ2n) is 5.82. The second-order valence-corrected chi connectivity index (χ2v) is 5.82. The van der Waals surface area contributed by atoms with Gasteiger partial charge in [0.25, 0.3) is 0 Å². The molecule has 0 aliphatic carbocycles. The van der Waals surface area contributed by atoms with E-state index >= 15 is 0 Å². The van der Waals surface area contributed by atoms with Gasteiger partial charge in [-0.1, -0.05) is 12.1 Å². The van der Waals surface area contributed by atoms with Crippen molar-refractivity contribution in [3.63, 3.8) is 0 Å². The number of aryl methyl sites for hydroxylation is 1. The predicted octanol–water partition coefficient (Wildman–Crippen LogP) is 3.62. The highest BCUT2D eigenvalue weighted by Crippen LogP contribution is 2.21. The number of hydrogen-bond donors (Lipinski definition) is 2. The van der Waals surface area contributed by atoms with Crippen molar-refractivity contribution < 1.29 is 9.13 Å². The van der Waals surface area contributed by atoms with Gasteiger partial charge >= 0.3 is 0 Å². The van der Waals surface area contributed by atoms with E-state index in [9.17, 15) is 4.39 Å².